The lowest BCUT2D eigenvalue weighted by molar-refractivity contribution is 0.235. The van der Waals surface area contributed by atoms with Crippen molar-refractivity contribution in [2.24, 2.45) is 0 Å². The first-order chi connectivity index (χ1) is 11.7. The van der Waals surface area contributed by atoms with E-state index in [1.54, 1.807) is 16.7 Å². The second-order valence-electron chi connectivity index (χ2n) is 5.97. The second-order valence-corrected chi connectivity index (χ2v) is 6.41. The van der Waals surface area contributed by atoms with Gasteiger partial charge in [0.1, 0.15) is 0 Å². The van der Waals surface area contributed by atoms with Gasteiger partial charge in [-0.05, 0) is 29.7 Å². The molecule has 0 N–H and O–H groups in total. The molecule has 0 unspecified atom stereocenters. The molecule has 3 aromatic rings. The molecule has 0 atom stereocenters. The van der Waals surface area contributed by atoms with E-state index in [0.29, 0.717) is 17.3 Å². The monoisotopic (exact) mass is 340 g/mol. The van der Waals surface area contributed by atoms with E-state index >= 15 is 0 Å². The summed E-state index contributed by atoms with van der Waals surface area (Å²) in [5, 5.41) is 0.566. The maximum atomic E-state index is 12.1. The van der Waals surface area contributed by atoms with Crippen LogP contribution in [-0.4, -0.2) is 22.6 Å². The van der Waals surface area contributed by atoms with Crippen molar-refractivity contribution < 1.29 is 4.42 Å². The van der Waals surface area contributed by atoms with E-state index in [2.05, 4.69) is 35.2 Å². The lowest BCUT2D eigenvalue weighted by atomic mass is 10.00. The minimum Gasteiger partial charge on any atom is -0.408 e. The molecule has 0 saturated heterocycles. The quantitative estimate of drug-likeness (QED) is 0.723. The molecule has 0 fully saturated rings. The van der Waals surface area contributed by atoms with Gasteiger partial charge in [-0.1, -0.05) is 48.0 Å². The molecule has 4 rings (SSSR count). The molecule has 1 aliphatic rings. The fourth-order valence-corrected chi connectivity index (χ4v) is 3.29. The molecule has 0 bridgehead atoms. The number of halogens is 1. The van der Waals surface area contributed by atoms with Gasteiger partial charge < -0.3 is 4.42 Å². The smallest absolute Gasteiger partial charge is 0.408 e. The molecule has 0 radical (unpaired) electrons. The third-order valence-corrected chi connectivity index (χ3v) is 4.64. The minimum absolute atomic E-state index is 0.342. The van der Waals surface area contributed by atoms with Gasteiger partial charge in [-0.15, -0.1) is 0 Å². The Labute approximate surface area is 144 Å². The number of nitrogens with zero attached hydrogens (tertiary/aromatic N) is 2. The molecule has 0 amide bonds. The third kappa shape index (κ3) is 2.90. The van der Waals surface area contributed by atoms with Gasteiger partial charge in [0.2, 0.25) is 0 Å². The largest absolute Gasteiger partial charge is 0.421 e. The zero-order valence-electron chi connectivity index (χ0n) is 13.1. The topological polar surface area (TPSA) is 38.4 Å². The maximum Gasteiger partial charge on any atom is 0.421 e. The number of fused-ring (bicyclic) bond motifs is 1. The van der Waals surface area contributed by atoms with Gasteiger partial charge in [0.15, 0.2) is 5.58 Å². The van der Waals surface area contributed by atoms with Gasteiger partial charge in [-0.3, -0.25) is 9.47 Å². The molecule has 24 heavy (non-hydrogen) atoms. The summed E-state index contributed by atoms with van der Waals surface area (Å²) in [6, 6.07) is 15.7. The van der Waals surface area contributed by atoms with Crippen LogP contribution < -0.4 is 5.76 Å². The van der Waals surface area contributed by atoms with E-state index < -0.39 is 0 Å². The van der Waals surface area contributed by atoms with Crippen molar-refractivity contribution in [1.29, 1.82) is 0 Å². The van der Waals surface area contributed by atoms with E-state index in [1.807, 2.05) is 12.1 Å². The van der Waals surface area contributed by atoms with Gasteiger partial charge in [0.25, 0.3) is 0 Å². The first-order valence-electron chi connectivity index (χ1n) is 7.96. The van der Waals surface area contributed by atoms with E-state index in [1.165, 1.54) is 11.1 Å². The van der Waals surface area contributed by atoms with Crippen LogP contribution in [0.5, 0.6) is 0 Å². The second kappa shape index (κ2) is 6.30. The van der Waals surface area contributed by atoms with Crippen LogP contribution in [0.25, 0.3) is 16.7 Å². The summed E-state index contributed by atoms with van der Waals surface area (Å²) in [4.78, 5) is 14.4. The Kier molecular flexibility index (Phi) is 4.00. The predicted molar refractivity (Wildman–Crippen MR) is 96.1 cm³/mol. The SMILES string of the molecule is O=c1oc2cc(Cl)ccc2n1CN1CC=C(c2ccccc2)CC1. The highest BCUT2D eigenvalue weighted by Gasteiger charge is 2.16. The van der Waals surface area contributed by atoms with Gasteiger partial charge in [-0.25, -0.2) is 4.79 Å². The summed E-state index contributed by atoms with van der Waals surface area (Å²) >= 11 is 5.96. The van der Waals surface area contributed by atoms with Crippen LogP contribution >= 0.6 is 11.6 Å². The van der Waals surface area contributed by atoms with Crippen molar-refractivity contribution in [2.75, 3.05) is 13.1 Å². The van der Waals surface area contributed by atoms with E-state index in [9.17, 15) is 4.79 Å². The lowest BCUT2D eigenvalue weighted by Crippen LogP contribution is -2.33. The van der Waals surface area contributed by atoms with Crippen molar-refractivity contribution in [1.82, 2.24) is 9.47 Å². The molecule has 2 heterocycles. The number of oxazole rings is 1. The van der Waals surface area contributed by atoms with Crippen LogP contribution in [0.1, 0.15) is 12.0 Å². The number of hydrogen-bond acceptors (Lipinski definition) is 3. The summed E-state index contributed by atoms with van der Waals surface area (Å²) in [5.41, 5.74) is 3.95. The summed E-state index contributed by atoms with van der Waals surface area (Å²) in [6.45, 7) is 2.25. The van der Waals surface area contributed by atoms with Gasteiger partial charge in [0.05, 0.1) is 12.2 Å². The van der Waals surface area contributed by atoms with Crippen molar-refractivity contribution in [3.8, 4) is 0 Å². The molecule has 0 saturated carbocycles. The average Bonchev–Trinajstić information content (AvgIpc) is 2.91. The summed E-state index contributed by atoms with van der Waals surface area (Å²) < 4.78 is 6.95. The maximum absolute atomic E-state index is 12.1. The fraction of sp³-hybridized carbons (Fsp3) is 0.211. The molecule has 0 spiro atoms. The number of aromatic nitrogens is 1. The summed E-state index contributed by atoms with van der Waals surface area (Å²) in [6.07, 6.45) is 3.21. The zero-order chi connectivity index (χ0) is 16.5. The summed E-state index contributed by atoms with van der Waals surface area (Å²) in [7, 11) is 0. The molecule has 0 aliphatic carbocycles. The van der Waals surface area contributed by atoms with Crippen molar-refractivity contribution in [2.45, 2.75) is 13.1 Å². The Morgan fingerprint density at radius 3 is 2.71 bits per heavy atom. The molecule has 122 valence electrons. The Bertz CT molecular complexity index is 956. The van der Waals surface area contributed by atoms with Crippen LogP contribution in [-0.2, 0) is 6.67 Å². The predicted octanol–water partition coefficient (Wildman–Crippen LogP) is 3.99. The Balaban J connectivity index is 1.55. The van der Waals surface area contributed by atoms with E-state index in [-0.39, 0.29) is 5.76 Å². The fourth-order valence-electron chi connectivity index (χ4n) is 3.13. The van der Waals surface area contributed by atoms with Crippen molar-refractivity contribution >= 4 is 28.3 Å². The highest BCUT2D eigenvalue weighted by molar-refractivity contribution is 6.31. The molecule has 2 aromatic carbocycles. The molecule has 1 aliphatic heterocycles. The van der Waals surface area contributed by atoms with Crippen LogP contribution in [0.15, 0.2) is 63.8 Å². The van der Waals surface area contributed by atoms with E-state index in [4.69, 9.17) is 16.0 Å². The van der Waals surface area contributed by atoms with Crippen molar-refractivity contribution in [3.63, 3.8) is 0 Å². The van der Waals surface area contributed by atoms with Crippen LogP contribution in [0.3, 0.4) is 0 Å². The number of benzene rings is 2. The Morgan fingerprint density at radius 1 is 1.12 bits per heavy atom. The van der Waals surface area contributed by atoms with Crippen LogP contribution in [0.4, 0.5) is 0 Å². The van der Waals surface area contributed by atoms with Crippen LogP contribution in [0, 0.1) is 0 Å². The number of rotatable bonds is 3. The van der Waals surface area contributed by atoms with E-state index in [0.717, 1.165) is 25.0 Å². The molecular formula is C19H17ClN2O2. The van der Waals surface area contributed by atoms with Crippen LogP contribution in [0.2, 0.25) is 5.02 Å². The first kappa shape index (κ1) is 15.2. The molecule has 1 aromatic heterocycles. The average molecular weight is 341 g/mol. The highest BCUT2D eigenvalue weighted by atomic mass is 35.5. The standard InChI is InChI=1S/C19H17ClN2O2/c20-16-6-7-17-18(12-16)24-19(23)22(17)13-21-10-8-15(9-11-21)14-4-2-1-3-5-14/h1-8,12H,9-11,13H2. The van der Waals surface area contributed by atoms with Gasteiger partial charge in [-0.2, -0.15) is 0 Å². The van der Waals surface area contributed by atoms with Gasteiger partial charge >= 0.3 is 5.76 Å². The normalized spacial score (nSPS) is 15.6. The van der Waals surface area contributed by atoms with Gasteiger partial charge in [0, 0.05) is 24.2 Å². The first-order valence-corrected chi connectivity index (χ1v) is 8.34. The highest BCUT2D eigenvalue weighted by Crippen LogP contribution is 2.23. The minimum atomic E-state index is -0.342. The molecule has 5 heteroatoms. The third-order valence-electron chi connectivity index (χ3n) is 4.41. The Hall–Kier alpha value is -2.30. The zero-order valence-corrected chi connectivity index (χ0v) is 13.9. The summed E-state index contributed by atoms with van der Waals surface area (Å²) in [5.74, 6) is -0.342. The lowest BCUT2D eigenvalue weighted by Gasteiger charge is -2.26. The van der Waals surface area contributed by atoms with Crippen molar-refractivity contribution in [3.05, 3.63) is 75.7 Å². The molecular weight excluding hydrogens is 324 g/mol. The number of hydrogen-bond donors (Lipinski definition) is 0. The molecule has 4 nitrogen and oxygen atoms in total. The Morgan fingerprint density at radius 2 is 1.96 bits per heavy atom.